The number of carbonyl (C=O) groups excluding carboxylic acids is 2. The number of amides is 2. The Kier molecular flexibility index (Phi) is 9.35. The van der Waals surface area contributed by atoms with Crippen LogP contribution in [0.15, 0.2) is 24.3 Å². The van der Waals surface area contributed by atoms with E-state index >= 15 is 0 Å². The molecule has 26 heavy (non-hydrogen) atoms. The van der Waals surface area contributed by atoms with Crippen LogP contribution in [0.4, 0.5) is 5.69 Å². The van der Waals surface area contributed by atoms with Crippen LogP contribution in [-0.2, 0) is 14.3 Å². The van der Waals surface area contributed by atoms with Gasteiger partial charge in [0, 0.05) is 34.9 Å². The molecule has 2 N–H and O–H groups in total. The molecule has 0 aliphatic carbocycles. The first-order valence-electron chi connectivity index (χ1n) is 9.21. The van der Waals surface area contributed by atoms with Crippen molar-refractivity contribution in [1.29, 1.82) is 0 Å². The molecule has 1 fully saturated rings. The van der Waals surface area contributed by atoms with Crippen molar-refractivity contribution in [1.82, 2.24) is 10.2 Å². The van der Waals surface area contributed by atoms with Crippen molar-refractivity contribution in [2.24, 2.45) is 5.92 Å². The van der Waals surface area contributed by atoms with Crippen molar-refractivity contribution in [3.8, 4) is 0 Å². The highest BCUT2D eigenvalue weighted by molar-refractivity contribution is 14.1. The van der Waals surface area contributed by atoms with Crippen LogP contribution in [0.25, 0.3) is 0 Å². The Morgan fingerprint density at radius 2 is 1.92 bits per heavy atom. The average Bonchev–Trinajstić information content (AvgIpc) is 2.64. The number of anilines is 1. The molecule has 0 atom stereocenters. The van der Waals surface area contributed by atoms with Gasteiger partial charge < -0.3 is 15.4 Å². The van der Waals surface area contributed by atoms with Gasteiger partial charge in [-0.1, -0.05) is 0 Å². The lowest BCUT2D eigenvalue weighted by Gasteiger charge is -2.30. The summed E-state index contributed by atoms with van der Waals surface area (Å²) in [7, 11) is 0. The number of hydrogen-bond acceptors (Lipinski definition) is 4. The number of ether oxygens (including phenoxy) is 1. The van der Waals surface area contributed by atoms with Gasteiger partial charge in [0.1, 0.15) is 0 Å². The molecular weight excluding hydrogens is 445 g/mol. The van der Waals surface area contributed by atoms with Crippen molar-refractivity contribution in [2.45, 2.75) is 26.2 Å². The average molecular weight is 473 g/mol. The second kappa shape index (κ2) is 11.5. The summed E-state index contributed by atoms with van der Waals surface area (Å²) in [6.07, 6.45) is 2.44. The van der Waals surface area contributed by atoms with E-state index in [0.717, 1.165) is 41.6 Å². The number of piperidine rings is 1. The van der Waals surface area contributed by atoms with Gasteiger partial charge in [-0.05, 0) is 86.1 Å². The normalized spacial score (nSPS) is 15.6. The van der Waals surface area contributed by atoms with Crippen molar-refractivity contribution < 1.29 is 14.3 Å². The maximum atomic E-state index is 12.2. The minimum atomic E-state index is -0.00923. The maximum Gasteiger partial charge on any atom is 0.238 e. The lowest BCUT2D eigenvalue weighted by molar-refractivity contribution is -0.126. The van der Waals surface area contributed by atoms with Crippen LogP contribution < -0.4 is 10.6 Å². The van der Waals surface area contributed by atoms with Crippen LogP contribution in [0, 0.1) is 9.49 Å². The molecule has 0 bridgehead atoms. The van der Waals surface area contributed by atoms with E-state index in [9.17, 15) is 9.59 Å². The first-order chi connectivity index (χ1) is 12.6. The van der Waals surface area contributed by atoms with Gasteiger partial charge in [-0.3, -0.25) is 14.5 Å². The van der Waals surface area contributed by atoms with Crippen molar-refractivity contribution in [3.63, 3.8) is 0 Å². The fourth-order valence-electron chi connectivity index (χ4n) is 2.96. The summed E-state index contributed by atoms with van der Waals surface area (Å²) < 4.78 is 6.40. The fraction of sp³-hybridized carbons (Fsp3) is 0.579. The highest BCUT2D eigenvalue weighted by atomic mass is 127. The fourth-order valence-corrected chi connectivity index (χ4v) is 3.32. The molecule has 0 spiro atoms. The summed E-state index contributed by atoms with van der Waals surface area (Å²) in [6, 6.07) is 7.74. The van der Waals surface area contributed by atoms with E-state index in [2.05, 4.69) is 38.1 Å². The third-order valence-corrected chi connectivity index (χ3v) is 5.14. The Morgan fingerprint density at radius 3 is 2.58 bits per heavy atom. The highest BCUT2D eigenvalue weighted by Gasteiger charge is 2.25. The molecule has 144 valence electrons. The minimum absolute atomic E-state index is 0.00923. The number of carbonyl (C=O) groups is 2. The van der Waals surface area contributed by atoms with Gasteiger partial charge in [0.25, 0.3) is 0 Å². The van der Waals surface area contributed by atoms with Crippen LogP contribution >= 0.6 is 22.6 Å². The quantitative estimate of drug-likeness (QED) is 0.427. The van der Waals surface area contributed by atoms with E-state index in [0.29, 0.717) is 26.3 Å². The molecule has 1 aromatic rings. The van der Waals surface area contributed by atoms with Crippen molar-refractivity contribution in [3.05, 3.63) is 27.8 Å². The van der Waals surface area contributed by atoms with Gasteiger partial charge >= 0.3 is 0 Å². The van der Waals surface area contributed by atoms with E-state index in [-0.39, 0.29) is 17.7 Å². The summed E-state index contributed by atoms with van der Waals surface area (Å²) >= 11 is 2.24. The van der Waals surface area contributed by atoms with Crippen LogP contribution in [0.2, 0.25) is 0 Å². The summed E-state index contributed by atoms with van der Waals surface area (Å²) in [6.45, 7) is 5.95. The Morgan fingerprint density at radius 1 is 1.23 bits per heavy atom. The summed E-state index contributed by atoms with van der Waals surface area (Å²) in [5.74, 6) is 0.173. The SMILES string of the molecule is CCOCCCNC(=O)C1CCN(CC(=O)Nc2ccc(I)cc2)CC1. The van der Waals surface area contributed by atoms with Gasteiger partial charge in [-0.2, -0.15) is 0 Å². The van der Waals surface area contributed by atoms with Crippen molar-refractivity contribution in [2.75, 3.05) is 44.7 Å². The number of benzene rings is 1. The van der Waals surface area contributed by atoms with Gasteiger partial charge in [0.05, 0.1) is 6.54 Å². The van der Waals surface area contributed by atoms with Gasteiger partial charge in [-0.15, -0.1) is 0 Å². The molecule has 0 saturated carbocycles. The van der Waals surface area contributed by atoms with Crippen LogP contribution in [0.3, 0.4) is 0 Å². The summed E-state index contributed by atoms with van der Waals surface area (Å²) in [4.78, 5) is 26.5. The standard InChI is InChI=1S/C19H28IN3O3/c1-2-26-13-3-10-21-19(25)15-8-11-23(12-9-15)14-18(24)22-17-6-4-16(20)5-7-17/h4-7,15H,2-3,8-14H2,1H3,(H,21,25)(H,22,24). The zero-order valence-electron chi connectivity index (χ0n) is 15.3. The van der Waals surface area contributed by atoms with Gasteiger partial charge in [0.15, 0.2) is 0 Å². The first kappa shape index (κ1) is 21.1. The lowest BCUT2D eigenvalue weighted by atomic mass is 9.96. The van der Waals surface area contributed by atoms with Gasteiger partial charge in [0.2, 0.25) is 11.8 Å². The molecular formula is C19H28IN3O3. The van der Waals surface area contributed by atoms with Crippen molar-refractivity contribution >= 4 is 40.1 Å². The Bertz CT molecular complexity index is 572. The van der Waals surface area contributed by atoms with Crippen LogP contribution in [0.1, 0.15) is 26.2 Å². The molecule has 1 aliphatic heterocycles. The number of hydrogen-bond donors (Lipinski definition) is 2. The third kappa shape index (κ3) is 7.59. The monoisotopic (exact) mass is 473 g/mol. The van der Waals surface area contributed by atoms with E-state index in [1.807, 2.05) is 31.2 Å². The lowest BCUT2D eigenvalue weighted by Crippen LogP contribution is -2.43. The maximum absolute atomic E-state index is 12.2. The molecule has 1 aliphatic rings. The second-order valence-corrected chi connectivity index (χ2v) is 7.69. The molecule has 0 aromatic heterocycles. The molecule has 2 rings (SSSR count). The Balaban J connectivity index is 1.63. The molecule has 1 aromatic carbocycles. The summed E-state index contributed by atoms with van der Waals surface area (Å²) in [5, 5.41) is 5.91. The first-order valence-corrected chi connectivity index (χ1v) is 10.3. The van der Waals surface area contributed by atoms with E-state index < -0.39 is 0 Å². The Hall–Kier alpha value is -1.19. The molecule has 0 unspecified atom stereocenters. The van der Waals surface area contributed by atoms with E-state index in [1.54, 1.807) is 0 Å². The zero-order chi connectivity index (χ0) is 18.8. The molecule has 1 heterocycles. The summed E-state index contributed by atoms with van der Waals surface area (Å²) in [5.41, 5.74) is 0.816. The predicted molar refractivity (Wildman–Crippen MR) is 111 cm³/mol. The number of likely N-dealkylation sites (tertiary alicyclic amines) is 1. The molecule has 6 nitrogen and oxygen atoms in total. The number of nitrogens with zero attached hydrogens (tertiary/aromatic N) is 1. The number of rotatable bonds is 9. The molecule has 7 heteroatoms. The Labute approximate surface area is 169 Å². The number of halogens is 1. The van der Waals surface area contributed by atoms with E-state index in [4.69, 9.17) is 4.74 Å². The molecule has 0 radical (unpaired) electrons. The topological polar surface area (TPSA) is 70.7 Å². The van der Waals surface area contributed by atoms with Crippen LogP contribution in [-0.4, -0.2) is 56.1 Å². The molecule has 2 amide bonds. The third-order valence-electron chi connectivity index (χ3n) is 4.42. The predicted octanol–water partition coefficient (Wildman–Crippen LogP) is 2.48. The highest BCUT2D eigenvalue weighted by Crippen LogP contribution is 2.17. The van der Waals surface area contributed by atoms with Gasteiger partial charge in [-0.25, -0.2) is 0 Å². The van der Waals surface area contributed by atoms with E-state index in [1.165, 1.54) is 0 Å². The molecule has 1 saturated heterocycles. The van der Waals surface area contributed by atoms with Crippen LogP contribution in [0.5, 0.6) is 0 Å². The smallest absolute Gasteiger partial charge is 0.238 e. The number of nitrogens with one attached hydrogen (secondary N) is 2. The largest absolute Gasteiger partial charge is 0.382 e. The zero-order valence-corrected chi connectivity index (χ0v) is 17.5. The second-order valence-electron chi connectivity index (χ2n) is 6.45. The minimum Gasteiger partial charge on any atom is -0.382 e.